The Bertz CT molecular complexity index is 1830. The minimum absolute atomic E-state index is 0.0821. The van der Waals surface area contributed by atoms with Gasteiger partial charge in [-0.25, -0.2) is 4.98 Å². The van der Waals surface area contributed by atoms with Crippen molar-refractivity contribution >= 4 is 27.7 Å². The molecule has 1 amide bonds. The van der Waals surface area contributed by atoms with Crippen LogP contribution in [-0.4, -0.2) is 46.7 Å². The van der Waals surface area contributed by atoms with Gasteiger partial charge in [-0.05, 0) is 66.3 Å². The van der Waals surface area contributed by atoms with Gasteiger partial charge in [0.15, 0.2) is 0 Å². The number of aromatic nitrogens is 2. The number of carbonyl (C=O) groups is 1. The van der Waals surface area contributed by atoms with Gasteiger partial charge in [0.1, 0.15) is 6.54 Å². The van der Waals surface area contributed by atoms with Crippen LogP contribution in [0.5, 0.6) is 0 Å². The van der Waals surface area contributed by atoms with E-state index in [1.807, 2.05) is 29.2 Å². The zero-order chi connectivity index (χ0) is 30.3. The molecule has 7 rings (SSSR count). The highest BCUT2D eigenvalue weighted by atomic mass is 19.4. The molecule has 1 saturated carbocycles. The Balaban J connectivity index is 1.34. The fourth-order valence-electron chi connectivity index (χ4n) is 6.95. The minimum Gasteiger partial charge on any atom is -0.378 e. The molecule has 1 aliphatic heterocycles. The zero-order valence-corrected chi connectivity index (χ0v) is 24.4. The number of ether oxygens (including phenoxy) is 1. The number of morpholine rings is 1. The zero-order valence-electron chi connectivity index (χ0n) is 24.4. The monoisotopic (exact) mass is 597 g/mol. The smallest absolute Gasteiger partial charge is 0.378 e. The van der Waals surface area contributed by atoms with Gasteiger partial charge in [-0.2, -0.15) is 13.2 Å². The van der Waals surface area contributed by atoms with Crippen molar-refractivity contribution in [2.75, 3.05) is 26.3 Å². The fourth-order valence-corrected chi connectivity index (χ4v) is 6.95. The second-order valence-electron chi connectivity index (χ2n) is 11.9. The molecule has 44 heavy (non-hydrogen) atoms. The SMILES string of the molecule is O=C(Cn1c(-c2ccc3nc(-c4cccc(C(F)(F)F)c4)ccc3c2)c(C2CCCCC2)c2ccccc21)N1CCOCC1. The molecule has 226 valence electrons. The number of para-hydroxylation sites is 1. The second kappa shape index (κ2) is 11.7. The number of halogens is 3. The number of alkyl halides is 3. The summed E-state index contributed by atoms with van der Waals surface area (Å²) >= 11 is 0. The Hall–Kier alpha value is -4.17. The van der Waals surface area contributed by atoms with Gasteiger partial charge in [0.2, 0.25) is 5.91 Å². The largest absolute Gasteiger partial charge is 0.416 e. The van der Waals surface area contributed by atoms with E-state index < -0.39 is 11.7 Å². The van der Waals surface area contributed by atoms with Crippen molar-refractivity contribution in [1.82, 2.24) is 14.5 Å². The van der Waals surface area contributed by atoms with Crippen LogP contribution in [0.4, 0.5) is 13.2 Å². The van der Waals surface area contributed by atoms with Crippen LogP contribution in [0, 0.1) is 0 Å². The first-order valence-corrected chi connectivity index (χ1v) is 15.4. The summed E-state index contributed by atoms with van der Waals surface area (Å²) in [5.41, 5.74) is 5.38. The summed E-state index contributed by atoms with van der Waals surface area (Å²) in [6.45, 7) is 2.54. The number of amides is 1. The molecular formula is C36H34F3N3O2. The maximum absolute atomic E-state index is 13.6. The standard InChI is InChI=1S/C36H34F3N3O2/c37-36(38,39)28-10-6-9-25(22-28)30-15-13-26-21-27(14-16-31(26)40-30)35-34(24-7-2-1-3-8-24)29-11-4-5-12-32(29)42(35)23-33(43)41-17-19-44-20-18-41/h4-6,9-16,21-22,24H,1-3,7-8,17-20,23H2. The van der Waals surface area contributed by atoms with E-state index in [1.165, 1.54) is 36.3 Å². The van der Waals surface area contributed by atoms with E-state index in [4.69, 9.17) is 9.72 Å². The number of nitrogens with zero attached hydrogens (tertiary/aromatic N) is 3. The van der Waals surface area contributed by atoms with Crippen LogP contribution in [0.25, 0.3) is 44.3 Å². The molecule has 3 heterocycles. The predicted octanol–water partition coefficient (Wildman–Crippen LogP) is 8.45. The Morgan fingerprint density at radius 3 is 2.45 bits per heavy atom. The third kappa shape index (κ3) is 5.47. The van der Waals surface area contributed by atoms with Crippen LogP contribution in [0.3, 0.4) is 0 Å². The molecule has 1 aliphatic carbocycles. The lowest BCUT2D eigenvalue weighted by Gasteiger charge is -2.28. The van der Waals surface area contributed by atoms with E-state index in [9.17, 15) is 18.0 Å². The van der Waals surface area contributed by atoms with Crippen LogP contribution in [0.2, 0.25) is 0 Å². The van der Waals surface area contributed by atoms with E-state index in [1.54, 1.807) is 12.1 Å². The quantitative estimate of drug-likeness (QED) is 0.204. The van der Waals surface area contributed by atoms with Gasteiger partial charge in [0.25, 0.3) is 0 Å². The molecule has 2 aliphatic rings. The van der Waals surface area contributed by atoms with Gasteiger partial charge in [0, 0.05) is 34.9 Å². The number of pyridine rings is 1. The maximum Gasteiger partial charge on any atom is 0.416 e. The summed E-state index contributed by atoms with van der Waals surface area (Å²) in [5, 5.41) is 2.09. The van der Waals surface area contributed by atoms with Crippen LogP contribution in [0.15, 0.2) is 78.9 Å². The Morgan fingerprint density at radius 2 is 1.66 bits per heavy atom. The average Bonchev–Trinajstić information content (AvgIpc) is 3.38. The predicted molar refractivity (Wildman–Crippen MR) is 166 cm³/mol. The molecule has 0 bridgehead atoms. The van der Waals surface area contributed by atoms with E-state index in [2.05, 4.69) is 28.8 Å². The molecule has 0 radical (unpaired) electrons. The first kappa shape index (κ1) is 28.6. The lowest BCUT2D eigenvalue weighted by Crippen LogP contribution is -2.42. The number of fused-ring (bicyclic) bond motifs is 2. The van der Waals surface area contributed by atoms with E-state index in [0.29, 0.717) is 49.0 Å². The Labute approximate surface area is 254 Å². The molecule has 0 unspecified atom stereocenters. The second-order valence-corrected chi connectivity index (χ2v) is 11.9. The summed E-state index contributed by atoms with van der Waals surface area (Å²) in [6, 6.07) is 23.5. The van der Waals surface area contributed by atoms with Crippen molar-refractivity contribution in [3.63, 3.8) is 0 Å². The van der Waals surface area contributed by atoms with E-state index >= 15 is 0 Å². The fraction of sp³-hybridized carbons (Fsp3) is 0.333. The Kier molecular flexibility index (Phi) is 7.62. The number of hydrogen-bond donors (Lipinski definition) is 0. The van der Waals surface area contributed by atoms with Crippen LogP contribution >= 0.6 is 0 Å². The third-order valence-corrected chi connectivity index (χ3v) is 9.13. The summed E-state index contributed by atoms with van der Waals surface area (Å²) in [5.74, 6) is 0.485. The summed E-state index contributed by atoms with van der Waals surface area (Å²) in [4.78, 5) is 20.3. The normalized spacial score (nSPS) is 16.6. The lowest BCUT2D eigenvalue weighted by atomic mass is 9.82. The Morgan fingerprint density at radius 1 is 0.864 bits per heavy atom. The molecule has 8 heteroatoms. The highest BCUT2D eigenvalue weighted by Gasteiger charge is 2.31. The van der Waals surface area contributed by atoms with Crippen molar-refractivity contribution in [1.29, 1.82) is 0 Å². The molecule has 3 aromatic carbocycles. The first-order chi connectivity index (χ1) is 21.4. The van der Waals surface area contributed by atoms with Gasteiger partial charge < -0.3 is 14.2 Å². The van der Waals surface area contributed by atoms with Crippen molar-refractivity contribution in [2.24, 2.45) is 0 Å². The van der Waals surface area contributed by atoms with E-state index in [-0.39, 0.29) is 12.5 Å². The summed E-state index contributed by atoms with van der Waals surface area (Å²) in [7, 11) is 0. The molecule has 0 N–H and O–H groups in total. The van der Waals surface area contributed by atoms with Crippen LogP contribution < -0.4 is 0 Å². The number of rotatable bonds is 5. The van der Waals surface area contributed by atoms with Gasteiger partial charge in [-0.15, -0.1) is 0 Å². The molecule has 1 saturated heterocycles. The first-order valence-electron chi connectivity index (χ1n) is 15.4. The molecule has 2 aromatic heterocycles. The van der Waals surface area contributed by atoms with Crippen molar-refractivity contribution in [3.8, 4) is 22.5 Å². The van der Waals surface area contributed by atoms with Crippen molar-refractivity contribution < 1.29 is 22.7 Å². The average molecular weight is 598 g/mol. The molecule has 2 fully saturated rings. The number of benzene rings is 3. The molecule has 0 atom stereocenters. The van der Waals surface area contributed by atoms with Crippen LogP contribution in [0.1, 0.15) is 49.1 Å². The summed E-state index contributed by atoms with van der Waals surface area (Å²) in [6.07, 6.45) is 1.45. The minimum atomic E-state index is -4.42. The van der Waals surface area contributed by atoms with Crippen LogP contribution in [-0.2, 0) is 22.3 Å². The molecular weight excluding hydrogens is 563 g/mol. The van der Waals surface area contributed by atoms with E-state index in [0.717, 1.165) is 47.1 Å². The lowest BCUT2D eigenvalue weighted by molar-refractivity contribution is -0.137. The number of carbonyl (C=O) groups excluding carboxylic acids is 1. The van der Waals surface area contributed by atoms with Gasteiger partial charge >= 0.3 is 6.18 Å². The molecule has 0 spiro atoms. The maximum atomic E-state index is 13.6. The van der Waals surface area contributed by atoms with Crippen molar-refractivity contribution in [3.05, 3.63) is 90.0 Å². The number of hydrogen-bond acceptors (Lipinski definition) is 3. The third-order valence-electron chi connectivity index (χ3n) is 9.13. The van der Waals surface area contributed by atoms with Gasteiger partial charge in [0.05, 0.1) is 35.7 Å². The molecule has 5 nitrogen and oxygen atoms in total. The topological polar surface area (TPSA) is 47.4 Å². The highest BCUT2D eigenvalue weighted by Crippen LogP contribution is 2.44. The summed E-state index contributed by atoms with van der Waals surface area (Å²) < 4.78 is 47.7. The molecule has 5 aromatic rings. The highest BCUT2D eigenvalue weighted by molar-refractivity contribution is 5.96. The van der Waals surface area contributed by atoms with Crippen molar-refractivity contribution in [2.45, 2.75) is 50.7 Å². The van der Waals surface area contributed by atoms with Gasteiger partial charge in [-0.1, -0.05) is 61.7 Å². The van der Waals surface area contributed by atoms with Gasteiger partial charge in [-0.3, -0.25) is 4.79 Å².